The third-order valence-electron chi connectivity index (χ3n) is 11.0. The van der Waals surface area contributed by atoms with Crippen molar-refractivity contribution >= 4 is 11.4 Å². The molecule has 242 valence electrons. The molecule has 0 aromatic heterocycles. The van der Waals surface area contributed by atoms with Gasteiger partial charge in [0.2, 0.25) is 0 Å². The summed E-state index contributed by atoms with van der Waals surface area (Å²) in [5, 5.41) is 32.0. The number of nitrogens with one attached hydrogen (secondary N) is 3. The minimum absolute atomic E-state index is 0.0170. The van der Waals surface area contributed by atoms with Crippen molar-refractivity contribution < 1.29 is 14.9 Å². The zero-order chi connectivity index (χ0) is 30.6. The Morgan fingerprint density at radius 2 is 1.81 bits per heavy atom. The first-order valence-electron chi connectivity index (χ1n) is 16.6. The molecule has 1 aliphatic carbocycles. The van der Waals surface area contributed by atoms with Crippen molar-refractivity contribution in [2.24, 2.45) is 11.7 Å². The second-order valence-electron chi connectivity index (χ2n) is 14.5. The van der Waals surface area contributed by atoms with E-state index in [1.165, 1.54) is 36.2 Å². The van der Waals surface area contributed by atoms with Gasteiger partial charge in [-0.15, -0.1) is 0 Å². The number of rotatable bonds is 9. The van der Waals surface area contributed by atoms with Gasteiger partial charge in [-0.2, -0.15) is 0 Å². The molecule has 1 aromatic rings. The molecule has 4 heterocycles. The first-order chi connectivity index (χ1) is 20.5. The van der Waals surface area contributed by atoms with Gasteiger partial charge in [-0.3, -0.25) is 20.9 Å². The lowest BCUT2D eigenvalue weighted by molar-refractivity contribution is -0.110. The lowest BCUT2D eigenvalue weighted by Gasteiger charge is -2.44. The zero-order valence-corrected chi connectivity index (χ0v) is 27.0. The van der Waals surface area contributed by atoms with Crippen molar-refractivity contribution in [2.45, 2.75) is 121 Å². The van der Waals surface area contributed by atoms with Crippen LogP contribution in [0.25, 0.3) is 0 Å². The minimum Gasteiger partial charge on any atom is -0.387 e. The second-order valence-corrected chi connectivity index (χ2v) is 14.5. The molecule has 0 spiro atoms. The van der Waals surface area contributed by atoms with E-state index < -0.39 is 24.5 Å². The molecular weight excluding hydrogens is 544 g/mol. The van der Waals surface area contributed by atoms with Gasteiger partial charge >= 0.3 is 0 Å². The van der Waals surface area contributed by atoms with Crippen LogP contribution in [-0.4, -0.2) is 115 Å². The number of likely N-dealkylation sites (N-methyl/N-ethyl adjacent to an activating group) is 1. The predicted molar refractivity (Wildman–Crippen MR) is 171 cm³/mol. The number of hydrogen-bond donors (Lipinski definition) is 6. The number of benzene rings is 1. The maximum Gasteiger partial charge on any atom is 0.142 e. The van der Waals surface area contributed by atoms with E-state index in [1.54, 1.807) is 0 Å². The van der Waals surface area contributed by atoms with Gasteiger partial charge in [-0.1, -0.05) is 33.8 Å². The van der Waals surface area contributed by atoms with E-state index in [4.69, 9.17) is 10.5 Å². The van der Waals surface area contributed by atoms with Crippen LogP contribution >= 0.6 is 0 Å². The summed E-state index contributed by atoms with van der Waals surface area (Å²) >= 11 is 0. The normalized spacial score (nSPS) is 38.1. The second kappa shape index (κ2) is 12.3. The molecule has 0 radical (unpaired) electrons. The Labute approximate surface area is 258 Å². The van der Waals surface area contributed by atoms with Crippen molar-refractivity contribution in [2.75, 3.05) is 49.8 Å². The van der Waals surface area contributed by atoms with Gasteiger partial charge in [-0.25, -0.2) is 4.90 Å². The summed E-state index contributed by atoms with van der Waals surface area (Å²) in [6.45, 7) is 15.0. The Morgan fingerprint density at radius 1 is 1.05 bits per heavy atom. The van der Waals surface area contributed by atoms with Gasteiger partial charge in [0.15, 0.2) is 0 Å². The Balaban J connectivity index is 1.00. The molecule has 0 bridgehead atoms. The van der Waals surface area contributed by atoms with Gasteiger partial charge < -0.3 is 30.5 Å². The molecule has 6 rings (SSSR count). The summed E-state index contributed by atoms with van der Waals surface area (Å²) < 4.78 is 6.38. The number of hydrogen-bond acceptors (Lipinski definition) is 11. The fourth-order valence-corrected chi connectivity index (χ4v) is 8.17. The number of ether oxygens (including phenoxy) is 1. The minimum atomic E-state index is -0.959. The lowest BCUT2D eigenvalue weighted by Crippen LogP contribution is -2.68. The maximum atomic E-state index is 11.0. The first-order valence-corrected chi connectivity index (χ1v) is 16.6. The van der Waals surface area contributed by atoms with E-state index in [0.717, 1.165) is 25.4 Å². The van der Waals surface area contributed by atoms with Crippen LogP contribution in [0.2, 0.25) is 0 Å². The van der Waals surface area contributed by atoms with Crippen LogP contribution in [0.15, 0.2) is 18.2 Å². The lowest BCUT2D eigenvalue weighted by atomic mass is 9.76. The van der Waals surface area contributed by atoms with Crippen molar-refractivity contribution in [3.63, 3.8) is 0 Å². The fraction of sp³-hybridized carbons (Fsp3) is 0.812. The van der Waals surface area contributed by atoms with Crippen LogP contribution in [0.1, 0.15) is 65.9 Å². The van der Waals surface area contributed by atoms with Crippen molar-refractivity contribution in [1.29, 1.82) is 0 Å². The summed E-state index contributed by atoms with van der Waals surface area (Å²) in [4.78, 5) is 9.58. The topological polar surface area (TPSA) is 125 Å². The molecule has 8 atom stereocenters. The maximum absolute atomic E-state index is 11.0. The molecule has 43 heavy (non-hydrogen) atoms. The predicted octanol–water partition coefficient (Wildman–Crippen LogP) is 0.906. The molecule has 4 aliphatic heterocycles. The number of nitrogens with zero attached hydrogens (tertiary/aromatic N) is 4. The Bertz CT molecular complexity index is 1110. The highest BCUT2D eigenvalue weighted by Crippen LogP contribution is 2.44. The highest BCUT2D eigenvalue weighted by atomic mass is 16.6. The van der Waals surface area contributed by atoms with Crippen LogP contribution < -0.4 is 31.5 Å². The van der Waals surface area contributed by atoms with E-state index in [9.17, 15) is 10.2 Å². The van der Waals surface area contributed by atoms with Crippen molar-refractivity contribution in [3.05, 3.63) is 23.8 Å². The fourth-order valence-electron chi connectivity index (χ4n) is 8.17. The zero-order valence-electron chi connectivity index (χ0n) is 27.0. The van der Waals surface area contributed by atoms with E-state index in [2.05, 4.69) is 95.4 Å². The third-order valence-corrected chi connectivity index (χ3v) is 11.0. The third kappa shape index (κ3) is 5.81. The van der Waals surface area contributed by atoms with Crippen LogP contribution in [0.4, 0.5) is 11.4 Å². The number of aliphatic hydroxyl groups excluding tert-OH is 2. The number of aliphatic hydroxyl groups is 2. The molecule has 1 saturated carbocycles. The molecule has 11 nitrogen and oxygen atoms in total. The summed E-state index contributed by atoms with van der Waals surface area (Å²) in [6, 6.07) is 7.54. The average molecular weight is 601 g/mol. The quantitative estimate of drug-likeness (QED) is 0.242. The summed E-state index contributed by atoms with van der Waals surface area (Å²) in [5.74, 6) is 0.718. The Kier molecular flexibility index (Phi) is 9.02. The number of nitrogens with two attached hydrogens (primary N) is 1. The molecule has 3 saturated heterocycles. The van der Waals surface area contributed by atoms with E-state index in [0.29, 0.717) is 32.1 Å². The van der Waals surface area contributed by atoms with E-state index in [-0.39, 0.29) is 23.8 Å². The van der Waals surface area contributed by atoms with Gasteiger partial charge in [0.05, 0.1) is 36.4 Å². The Hall–Kier alpha value is -1.54. The van der Waals surface area contributed by atoms with E-state index in [1.807, 2.05) is 0 Å². The molecule has 0 amide bonds. The molecule has 1 aromatic carbocycles. The van der Waals surface area contributed by atoms with Crippen LogP contribution in [0.3, 0.4) is 0 Å². The largest absolute Gasteiger partial charge is 0.387 e. The Morgan fingerprint density at radius 3 is 2.51 bits per heavy atom. The van der Waals surface area contributed by atoms with Crippen molar-refractivity contribution in [1.82, 2.24) is 25.8 Å². The molecule has 4 unspecified atom stereocenters. The number of fused-ring (bicyclic) bond motifs is 2. The number of anilines is 2. The highest BCUT2D eigenvalue weighted by Gasteiger charge is 2.52. The summed E-state index contributed by atoms with van der Waals surface area (Å²) in [5.41, 5.74) is 10.5. The molecular formula is C32H56N8O3. The monoisotopic (exact) mass is 600 g/mol. The molecule has 5 aliphatic rings. The van der Waals surface area contributed by atoms with Crippen LogP contribution in [-0.2, 0) is 10.2 Å². The van der Waals surface area contributed by atoms with E-state index >= 15 is 0 Å². The van der Waals surface area contributed by atoms with Crippen LogP contribution in [0.5, 0.6) is 0 Å². The highest BCUT2D eigenvalue weighted by molar-refractivity contribution is 5.78. The van der Waals surface area contributed by atoms with Gasteiger partial charge in [-0.05, 0) is 68.2 Å². The summed E-state index contributed by atoms with van der Waals surface area (Å²) in [7, 11) is 2.25. The first kappa shape index (κ1) is 31.4. The van der Waals surface area contributed by atoms with Gasteiger partial charge in [0, 0.05) is 32.8 Å². The molecule has 11 heteroatoms. The van der Waals surface area contributed by atoms with Gasteiger partial charge in [0.1, 0.15) is 30.7 Å². The SMILES string of the molecule is CCN(C[C@H]1O[C@@H](N2CNC3C(N)NCNC32)[C@H](O)[C@@H]1O)C1CC(CCC2N(C)c3ccc(C(C)(C)C)cc3N2CC)C1. The van der Waals surface area contributed by atoms with Crippen LogP contribution in [0, 0.1) is 5.92 Å². The van der Waals surface area contributed by atoms with Gasteiger partial charge in [0.25, 0.3) is 0 Å². The standard InChI is InChI=1S/C32H56N8O3/c1-7-38(16-24-27(41)28(42)31(43-24)40-18-36-26-29(33)34-17-35-30(26)40)21-13-19(14-21)9-12-25-37(6)22-11-10-20(32(3,4)5)15-23(22)39(25)8-2/h10-11,15,19,21,24-31,34-36,41-42H,7-9,12-14,16-18,33H2,1-6H3/t19?,21?,24-,25?,26?,27-,28-,29?,30?,31-/m1/s1. The smallest absolute Gasteiger partial charge is 0.142 e. The molecule has 4 fully saturated rings. The summed E-state index contributed by atoms with van der Waals surface area (Å²) in [6.07, 6.45) is 2.06. The van der Waals surface area contributed by atoms with Crippen molar-refractivity contribution in [3.8, 4) is 0 Å². The molecule has 7 N–H and O–H groups in total. The average Bonchev–Trinajstić information content (AvgIpc) is 3.59.